The predicted molar refractivity (Wildman–Crippen MR) is 29.3 cm³/mol. The van der Waals surface area contributed by atoms with E-state index in [4.69, 9.17) is 13.6 Å². The first-order valence-electron chi connectivity index (χ1n) is 2.01. The van der Waals surface area contributed by atoms with Gasteiger partial charge in [0.15, 0.2) is 0 Å². The van der Waals surface area contributed by atoms with E-state index < -0.39 is 6.28 Å². The van der Waals surface area contributed by atoms with Gasteiger partial charge in [-0.1, -0.05) is 0 Å². The van der Waals surface area contributed by atoms with Gasteiger partial charge in [-0.15, -0.1) is 0 Å². The van der Waals surface area contributed by atoms with Crippen molar-refractivity contribution in [3.8, 4) is 0 Å². The van der Waals surface area contributed by atoms with E-state index in [2.05, 4.69) is 17.8 Å². The third-order valence-corrected chi connectivity index (χ3v) is 5.34. The Bertz CT molecular complexity index is 57.3. The maximum atomic E-state index is 4.90. The third-order valence-electron chi connectivity index (χ3n) is 0.717. The van der Waals surface area contributed by atoms with Gasteiger partial charge in [0.25, 0.3) is 0 Å². The summed E-state index contributed by atoms with van der Waals surface area (Å²) in [7, 11) is 4.70. The van der Waals surface area contributed by atoms with Crippen LogP contribution in [0.2, 0.25) is 0 Å². The first-order valence-corrected chi connectivity index (χ1v) is 6.20. The molecule has 0 aromatic heterocycles. The molecule has 0 aromatic rings. The van der Waals surface area contributed by atoms with Gasteiger partial charge in [-0.25, -0.2) is 0 Å². The SMILES string of the molecule is CO[PH]([Ru])(OC)OC. The summed E-state index contributed by atoms with van der Waals surface area (Å²) in [6.07, 6.45) is -2.24. The average Bonchev–Trinajstić information content (AvgIpc) is 1.87. The number of hydrogen-bond donors (Lipinski definition) is 0. The second-order valence-electron chi connectivity index (χ2n) is 1.08. The Morgan fingerprint density at radius 2 is 1.25 bits per heavy atom. The fourth-order valence-corrected chi connectivity index (χ4v) is 0.750. The van der Waals surface area contributed by atoms with Crippen LogP contribution in [0.4, 0.5) is 0 Å². The van der Waals surface area contributed by atoms with E-state index >= 15 is 0 Å². The minimum absolute atomic E-state index is 1.57. The van der Waals surface area contributed by atoms with Crippen molar-refractivity contribution in [3.05, 3.63) is 0 Å². The summed E-state index contributed by atoms with van der Waals surface area (Å²) in [5.41, 5.74) is 0. The fraction of sp³-hybridized carbons (Fsp3) is 1.00. The molecule has 0 unspecified atom stereocenters. The van der Waals surface area contributed by atoms with Crippen LogP contribution in [0.15, 0.2) is 0 Å². The topological polar surface area (TPSA) is 27.7 Å². The molecule has 0 aromatic carbocycles. The van der Waals surface area contributed by atoms with Gasteiger partial charge < -0.3 is 0 Å². The molecule has 0 rings (SSSR count). The van der Waals surface area contributed by atoms with E-state index in [1.165, 1.54) is 0 Å². The van der Waals surface area contributed by atoms with Crippen LogP contribution in [0, 0.1) is 0 Å². The molecular weight excluding hydrogens is 216 g/mol. The normalized spacial score (nSPS) is 14.0. The van der Waals surface area contributed by atoms with Gasteiger partial charge >= 0.3 is 59.0 Å². The Morgan fingerprint density at radius 1 is 1.00 bits per heavy atom. The van der Waals surface area contributed by atoms with E-state index in [0.717, 1.165) is 0 Å². The molecule has 0 spiro atoms. The molecular formula is C3H10O3PRu. The summed E-state index contributed by atoms with van der Waals surface area (Å²) >= 11 is 2.32. The van der Waals surface area contributed by atoms with Gasteiger partial charge in [-0.3, -0.25) is 0 Å². The molecule has 0 amide bonds. The minimum atomic E-state index is -2.24. The van der Waals surface area contributed by atoms with Crippen molar-refractivity contribution in [2.24, 2.45) is 0 Å². The zero-order valence-corrected chi connectivity index (χ0v) is 7.82. The van der Waals surface area contributed by atoms with Crippen LogP contribution in [0.1, 0.15) is 0 Å². The third kappa shape index (κ3) is 2.47. The van der Waals surface area contributed by atoms with Crippen LogP contribution >= 0.6 is 6.28 Å². The Kier molecular flexibility index (Phi) is 4.32. The maximum absolute atomic E-state index is 4.90. The van der Waals surface area contributed by atoms with Crippen molar-refractivity contribution in [1.82, 2.24) is 0 Å². The zero-order valence-electron chi connectivity index (χ0n) is 5.08. The standard InChI is InChI=1S/C3H10O3P.Ru/c1-4-7(5-2)6-3;/h7H,1-3H3;/q+1;-1. The fourth-order valence-electron chi connectivity index (χ4n) is 0.250. The van der Waals surface area contributed by atoms with Gasteiger partial charge in [0.2, 0.25) is 0 Å². The van der Waals surface area contributed by atoms with Crippen LogP contribution in [-0.2, 0) is 31.4 Å². The van der Waals surface area contributed by atoms with Crippen molar-refractivity contribution in [2.75, 3.05) is 21.3 Å². The summed E-state index contributed by atoms with van der Waals surface area (Å²) in [5, 5.41) is 0. The van der Waals surface area contributed by atoms with E-state index in [-0.39, 0.29) is 0 Å². The monoisotopic (exact) mass is 227 g/mol. The van der Waals surface area contributed by atoms with Gasteiger partial charge in [0, 0.05) is 0 Å². The van der Waals surface area contributed by atoms with Crippen LogP contribution < -0.4 is 0 Å². The van der Waals surface area contributed by atoms with Crippen molar-refractivity contribution >= 4 is 6.28 Å². The van der Waals surface area contributed by atoms with E-state index in [9.17, 15) is 0 Å². The molecule has 0 fully saturated rings. The van der Waals surface area contributed by atoms with Gasteiger partial charge in [-0.05, 0) is 0 Å². The van der Waals surface area contributed by atoms with Gasteiger partial charge in [0.1, 0.15) is 0 Å². The van der Waals surface area contributed by atoms with Crippen molar-refractivity contribution in [2.45, 2.75) is 0 Å². The molecule has 0 aliphatic heterocycles. The molecule has 0 heterocycles. The molecule has 5 heteroatoms. The van der Waals surface area contributed by atoms with E-state index in [1.807, 2.05) is 0 Å². The summed E-state index contributed by atoms with van der Waals surface area (Å²) in [6, 6.07) is 0. The zero-order chi connectivity index (χ0) is 6.62. The number of rotatable bonds is 3. The molecule has 0 saturated heterocycles. The Labute approximate surface area is 59.5 Å². The Balaban J connectivity index is 3.58. The molecule has 8 heavy (non-hydrogen) atoms. The summed E-state index contributed by atoms with van der Waals surface area (Å²) in [5.74, 6) is 0. The van der Waals surface area contributed by atoms with Gasteiger partial charge in [0.05, 0.1) is 0 Å². The van der Waals surface area contributed by atoms with Crippen LogP contribution in [-0.4, -0.2) is 21.3 Å². The average molecular weight is 226 g/mol. The molecule has 0 aliphatic rings. The first kappa shape index (κ1) is 8.93. The second kappa shape index (κ2) is 3.87. The molecule has 0 aliphatic carbocycles. The van der Waals surface area contributed by atoms with Crippen molar-refractivity contribution in [3.63, 3.8) is 0 Å². The summed E-state index contributed by atoms with van der Waals surface area (Å²) in [4.78, 5) is 0. The van der Waals surface area contributed by atoms with E-state index in [1.54, 1.807) is 21.3 Å². The van der Waals surface area contributed by atoms with Crippen molar-refractivity contribution in [1.29, 1.82) is 0 Å². The Morgan fingerprint density at radius 3 is 1.25 bits per heavy atom. The van der Waals surface area contributed by atoms with Crippen LogP contribution in [0.25, 0.3) is 0 Å². The molecule has 0 saturated carbocycles. The number of hydrogen-bond acceptors (Lipinski definition) is 3. The summed E-state index contributed by atoms with van der Waals surface area (Å²) < 4.78 is 14.7. The van der Waals surface area contributed by atoms with Crippen LogP contribution in [0.3, 0.4) is 0 Å². The molecule has 0 radical (unpaired) electrons. The van der Waals surface area contributed by atoms with E-state index in [0.29, 0.717) is 0 Å². The molecule has 3 nitrogen and oxygen atoms in total. The van der Waals surface area contributed by atoms with Crippen LogP contribution in [0.5, 0.6) is 0 Å². The second-order valence-corrected chi connectivity index (χ2v) is 6.43. The van der Waals surface area contributed by atoms with Crippen molar-refractivity contribution < 1.29 is 31.4 Å². The molecule has 0 bridgehead atoms. The summed E-state index contributed by atoms with van der Waals surface area (Å²) in [6.45, 7) is 0. The first-order chi connectivity index (χ1) is 3.68. The molecule has 0 atom stereocenters. The molecule has 53 valence electrons. The van der Waals surface area contributed by atoms with Gasteiger partial charge in [-0.2, -0.15) is 0 Å². The molecule has 0 N–H and O–H groups in total. The quantitative estimate of drug-likeness (QED) is 0.528. The Hall–Kier alpha value is 0.933. The predicted octanol–water partition coefficient (Wildman–Crippen LogP) is 0.882.